The third-order valence-corrected chi connectivity index (χ3v) is 8.56. The number of carbonyl (C=O) groups is 4. The van der Waals surface area contributed by atoms with Crippen LogP contribution in [0.2, 0.25) is 0 Å². The van der Waals surface area contributed by atoms with Crippen LogP contribution in [-0.2, 0) is 32.2 Å². The molecule has 5 atom stereocenters. The molecular formula is C40H55N5O8. The van der Waals surface area contributed by atoms with Gasteiger partial charge in [0.15, 0.2) is 5.78 Å². The number of rotatable bonds is 20. The first kappa shape index (κ1) is 42.4. The summed E-state index contributed by atoms with van der Waals surface area (Å²) < 4.78 is 16.0. The van der Waals surface area contributed by atoms with Crippen LogP contribution in [0.4, 0.5) is 9.59 Å². The van der Waals surface area contributed by atoms with Gasteiger partial charge in [-0.15, -0.1) is 0 Å². The lowest BCUT2D eigenvalue weighted by Crippen LogP contribution is -2.57. The molecule has 288 valence electrons. The highest BCUT2D eigenvalue weighted by Gasteiger charge is 2.40. The van der Waals surface area contributed by atoms with Crippen LogP contribution in [0, 0.1) is 17.8 Å². The van der Waals surface area contributed by atoms with E-state index in [-0.39, 0.29) is 38.1 Å². The maximum Gasteiger partial charge on any atom is 0.407 e. The number of nitrogens with zero attached hydrogens (tertiary/aromatic N) is 1. The summed E-state index contributed by atoms with van der Waals surface area (Å²) in [6.45, 7) is 10.9. The van der Waals surface area contributed by atoms with E-state index < -0.39 is 54.0 Å². The van der Waals surface area contributed by atoms with Gasteiger partial charge in [0.2, 0.25) is 0 Å². The van der Waals surface area contributed by atoms with Crippen molar-refractivity contribution in [2.45, 2.75) is 78.9 Å². The van der Waals surface area contributed by atoms with E-state index in [0.29, 0.717) is 17.9 Å². The summed E-state index contributed by atoms with van der Waals surface area (Å²) in [5.74, 6) is -2.33. The van der Waals surface area contributed by atoms with Crippen LogP contribution in [0.5, 0.6) is 5.75 Å². The lowest BCUT2D eigenvalue weighted by Gasteiger charge is -2.35. The largest absolute Gasteiger partial charge is 0.489 e. The fourth-order valence-corrected chi connectivity index (χ4v) is 5.76. The zero-order valence-corrected chi connectivity index (χ0v) is 31.5. The van der Waals surface area contributed by atoms with Crippen molar-refractivity contribution in [2.75, 3.05) is 19.8 Å². The molecule has 2 unspecified atom stereocenters. The summed E-state index contributed by atoms with van der Waals surface area (Å²) in [4.78, 5) is 52.9. The van der Waals surface area contributed by atoms with Gasteiger partial charge in [-0.1, -0.05) is 100 Å². The number of ketones is 1. The molecule has 0 aliphatic rings. The molecule has 0 radical (unpaired) electrons. The fourth-order valence-electron chi connectivity index (χ4n) is 5.76. The summed E-state index contributed by atoms with van der Waals surface area (Å²) in [6.07, 6.45) is -2.94. The number of hydrogen-bond donors (Lipinski definition) is 5. The van der Waals surface area contributed by atoms with Gasteiger partial charge in [-0.3, -0.25) is 15.0 Å². The van der Waals surface area contributed by atoms with Gasteiger partial charge in [0, 0.05) is 19.1 Å². The van der Waals surface area contributed by atoms with E-state index in [1.165, 1.54) is 5.01 Å². The summed E-state index contributed by atoms with van der Waals surface area (Å²) >= 11 is 0. The second kappa shape index (κ2) is 21.5. The van der Waals surface area contributed by atoms with E-state index in [1.807, 2.05) is 48.5 Å². The van der Waals surface area contributed by atoms with E-state index >= 15 is 0 Å². The highest BCUT2D eigenvalue weighted by Crippen LogP contribution is 2.27. The Bertz CT molecular complexity index is 1570. The highest BCUT2D eigenvalue weighted by molar-refractivity contribution is 5.90. The minimum atomic E-state index is -1.44. The van der Waals surface area contributed by atoms with E-state index in [2.05, 4.69) is 16.1 Å². The minimum Gasteiger partial charge on any atom is -0.489 e. The van der Waals surface area contributed by atoms with E-state index in [4.69, 9.17) is 19.9 Å². The maximum atomic E-state index is 14.3. The summed E-state index contributed by atoms with van der Waals surface area (Å²) in [5, 5.41) is 18.7. The molecule has 3 rings (SSSR count). The van der Waals surface area contributed by atoms with Crippen LogP contribution in [0.3, 0.4) is 0 Å². The Morgan fingerprint density at radius 3 is 1.79 bits per heavy atom. The first-order chi connectivity index (χ1) is 25.3. The molecule has 0 aliphatic carbocycles. The average molecular weight is 734 g/mol. The Morgan fingerprint density at radius 2 is 1.26 bits per heavy atom. The molecule has 0 spiro atoms. The maximum absolute atomic E-state index is 14.3. The molecule has 0 heterocycles. The lowest BCUT2D eigenvalue weighted by molar-refractivity contribution is -0.133. The molecule has 0 fully saturated rings. The van der Waals surface area contributed by atoms with Gasteiger partial charge in [-0.05, 0) is 54.5 Å². The standard InChI is InChI=1S/C40H55N5O8/c1-7-51-39(49)42-35(26(3)4)37(47)33(34(41)30-17-13-10-14-18-30)32(46)24-45(44-38(48)36(27(5)6)43-40(50)52-8-2)23-28-19-21-31(22-20-28)53-25-29-15-11-9-12-16-29/h9-22,26-27,32-36,46H,7-8,23-25,41H2,1-6H3,(H,42,49)(H,43,50)(H,44,48)/t32-,33?,34?,35-,36-/m0/s1. The van der Waals surface area contributed by atoms with Crippen LogP contribution in [-0.4, -0.2) is 71.9 Å². The molecule has 6 N–H and O–H groups in total. The Balaban J connectivity index is 1.95. The van der Waals surface area contributed by atoms with Crippen molar-refractivity contribution in [3.05, 3.63) is 102 Å². The molecule has 0 aliphatic heterocycles. The van der Waals surface area contributed by atoms with Gasteiger partial charge < -0.3 is 35.7 Å². The number of hydrogen-bond acceptors (Lipinski definition) is 10. The predicted octanol–water partition coefficient (Wildman–Crippen LogP) is 4.89. The topological polar surface area (TPSA) is 182 Å². The number of hydrazine groups is 1. The molecule has 0 bridgehead atoms. The molecule has 3 aromatic rings. The van der Waals surface area contributed by atoms with Crippen LogP contribution in [0.1, 0.15) is 64.3 Å². The number of nitrogens with one attached hydrogen (secondary N) is 3. The molecule has 13 nitrogen and oxygen atoms in total. The van der Waals surface area contributed by atoms with Crippen molar-refractivity contribution < 1.29 is 38.5 Å². The van der Waals surface area contributed by atoms with Gasteiger partial charge in [0.1, 0.15) is 18.4 Å². The number of amides is 3. The number of alkyl carbamates (subject to hydrolysis) is 2. The van der Waals surface area contributed by atoms with Gasteiger partial charge in [-0.25, -0.2) is 14.6 Å². The number of Topliss-reactive ketones (excluding diaryl/α,β-unsaturated/α-hetero) is 1. The molecular weight excluding hydrogens is 678 g/mol. The van der Waals surface area contributed by atoms with E-state index in [1.54, 1.807) is 77.9 Å². The van der Waals surface area contributed by atoms with Crippen molar-refractivity contribution in [2.24, 2.45) is 23.5 Å². The van der Waals surface area contributed by atoms with E-state index in [0.717, 1.165) is 11.1 Å². The molecule has 0 aromatic heterocycles. The Labute approximate surface area is 312 Å². The first-order valence-electron chi connectivity index (χ1n) is 18.0. The van der Waals surface area contributed by atoms with Crippen molar-refractivity contribution in [3.63, 3.8) is 0 Å². The van der Waals surface area contributed by atoms with E-state index in [9.17, 15) is 24.3 Å². The number of nitrogens with two attached hydrogens (primary N) is 1. The summed E-state index contributed by atoms with van der Waals surface area (Å²) in [5.41, 5.74) is 12.0. The number of benzene rings is 3. The molecule has 53 heavy (non-hydrogen) atoms. The molecule has 3 amide bonds. The Morgan fingerprint density at radius 1 is 0.736 bits per heavy atom. The Hall–Kier alpha value is -4.98. The monoisotopic (exact) mass is 733 g/mol. The zero-order chi connectivity index (χ0) is 38.9. The molecule has 13 heteroatoms. The zero-order valence-electron chi connectivity index (χ0n) is 31.5. The normalized spacial score (nSPS) is 14.1. The second-order valence-electron chi connectivity index (χ2n) is 13.4. The molecule has 0 saturated carbocycles. The number of carbonyl (C=O) groups excluding carboxylic acids is 4. The Kier molecular flexibility index (Phi) is 17.2. The van der Waals surface area contributed by atoms with Gasteiger partial charge in [0.25, 0.3) is 5.91 Å². The highest BCUT2D eigenvalue weighted by atomic mass is 16.6. The van der Waals surface area contributed by atoms with Crippen LogP contribution >= 0.6 is 0 Å². The number of aliphatic hydroxyl groups excluding tert-OH is 1. The SMILES string of the molecule is CCOC(=O)N[C@H](C(=O)NN(Cc1ccc(OCc2ccccc2)cc1)C[C@H](O)C(C(=O)[C@@H](NC(=O)OCC)C(C)C)C(N)c1ccccc1)C(C)C. The van der Waals surface area contributed by atoms with Crippen LogP contribution < -0.4 is 26.5 Å². The number of aliphatic hydroxyl groups is 1. The van der Waals surface area contributed by atoms with Crippen molar-refractivity contribution in [1.82, 2.24) is 21.1 Å². The van der Waals surface area contributed by atoms with Gasteiger partial charge in [-0.2, -0.15) is 0 Å². The third kappa shape index (κ3) is 13.5. The summed E-state index contributed by atoms with van der Waals surface area (Å²) in [7, 11) is 0. The minimum absolute atomic E-state index is 0.0994. The quantitative estimate of drug-likeness (QED) is 0.100. The van der Waals surface area contributed by atoms with Crippen molar-refractivity contribution in [1.29, 1.82) is 0 Å². The van der Waals surface area contributed by atoms with Crippen LogP contribution in [0.25, 0.3) is 0 Å². The fraction of sp³-hybridized carbons (Fsp3) is 0.450. The van der Waals surface area contributed by atoms with Gasteiger partial charge in [0.05, 0.1) is 31.3 Å². The van der Waals surface area contributed by atoms with Crippen molar-refractivity contribution in [3.8, 4) is 5.75 Å². The first-order valence-corrected chi connectivity index (χ1v) is 18.0. The number of ether oxygens (including phenoxy) is 3. The van der Waals surface area contributed by atoms with Crippen molar-refractivity contribution >= 4 is 23.9 Å². The van der Waals surface area contributed by atoms with Gasteiger partial charge >= 0.3 is 12.2 Å². The molecule has 3 aromatic carbocycles. The van der Waals surface area contributed by atoms with Crippen LogP contribution in [0.15, 0.2) is 84.9 Å². The summed E-state index contributed by atoms with van der Waals surface area (Å²) in [6, 6.07) is 22.9. The average Bonchev–Trinajstić information content (AvgIpc) is 3.13. The third-order valence-electron chi connectivity index (χ3n) is 8.56. The molecule has 0 saturated heterocycles. The second-order valence-corrected chi connectivity index (χ2v) is 13.4. The predicted molar refractivity (Wildman–Crippen MR) is 201 cm³/mol. The smallest absolute Gasteiger partial charge is 0.407 e. The lowest BCUT2D eigenvalue weighted by atomic mass is 9.80.